The van der Waals surface area contributed by atoms with Crippen LogP contribution in [-0.4, -0.2) is 35.3 Å². The van der Waals surface area contributed by atoms with Crippen molar-refractivity contribution in [3.05, 3.63) is 18.0 Å². The Kier molecular flexibility index (Phi) is 5.75. The molecule has 0 unspecified atom stereocenters. The zero-order valence-electron chi connectivity index (χ0n) is 9.94. The van der Waals surface area contributed by atoms with E-state index in [0.717, 1.165) is 18.5 Å². The van der Waals surface area contributed by atoms with E-state index < -0.39 is 0 Å². The molecule has 92 valence electrons. The van der Waals surface area contributed by atoms with E-state index in [-0.39, 0.29) is 12.5 Å². The highest BCUT2D eigenvalue weighted by atomic mass is 16.1. The number of nitrogens with one attached hydrogen (secondary N) is 2. The zero-order chi connectivity index (χ0) is 12.5. The van der Waals surface area contributed by atoms with E-state index in [1.165, 1.54) is 0 Å². The number of hydrogen-bond donors (Lipinski definition) is 2. The molecule has 0 aliphatic carbocycles. The molecule has 0 saturated carbocycles. The minimum Gasteiger partial charge on any atom is -0.354 e. The zero-order valence-corrected chi connectivity index (χ0v) is 9.94. The van der Waals surface area contributed by atoms with Gasteiger partial charge in [0.15, 0.2) is 0 Å². The molecule has 1 aromatic rings. The van der Waals surface area contributed by atoms with Crippen LogP contribution in [0.15, 0.2) is 12.4 Å². The van der Waals surface area contributed by atoms with E-state index in [4.69, 9.17) is 5.26 Å². The van der Waals surface area contributed by atoms with Crippen molar-refractivity contribution in [3.8, 4) is 6.07 Å². The second-order valence-electron chi connectivity index (χ2n) is 3.71. The smallest absolute Gasteiger partial charge is 0.233 e. The van der Waals surface area contributed by atoms with Crippen LogP contribution >= 0.6 is 0 Å². The van der Waals surface area contributed by atoms with Gasteiger partial charge in [-0.05, 0) is 18.5 Å². The molecule has 0 saturated heterocycles. The van der Waals surface area contributed by atoms with Gasteiger partial charge in [0.05, 0.1) is 25.2 Å². The molecule has 6 heteroatoms. The van der Waals surface area contributed by atoms with Gasteiger partial charge in [-0.1, -0.05) is 0 Å². The van der Waals surface area contributed by atoms with Crippen LogP contribution in [0.2, 0.25) is 0 Å². The van der Waals surface area contributed by atoms with Gasteiger partial charge in [-0.2, -0.15) is 10.4 Å². The molecular formula is C11H17N5O. The number of nitriles is 1. The van der Waals surface area contributed by atoms with Crippen LogP contribution in [0.3, 0.4) is 0 Å². The van der Waals surface area contributed by atoms with Gasteiger partial charge >= 0.3 is 0 Å². The molecule has 0 atom stereocenters. The Hall–Kier alpha value is -1.87. The number of carbonyl (C=O) groups excluding carboxylic acids is 1. The Labute approximate surface area is 101 Å². The van der Waals surface area contributed by atoms with Gasteiger partial charge in [0.1, 0.15) is 0 Å². The largest absolute Gasteiger partial charge is 0.354 e. The molecule has 0 aliphatic rings. The predicted octanol–water partition coefficient (Wildman–Crippen LogP) is -0.418. The summed E-state index contributed by atoms with van der Waals surface area (Å²) in [6, 6.07) is 1.97. The van der Waals surface area contributed by atoms with Crippen molar-refractivity contribution in [2.75, 3.05) is 19.6 Å². The van der Waals surface area contributed by atoms with E-state index in [0.29, 0.717) is 13.0 Å². The summed E-state index contributed by atoms with van der Waals surface area (Å²) in [5.74, 6) is -0.0774. The fraction of sp³-hybridized carbons (Fsp3) is 0.545. The van der Waals surface area contributed by atoms with E-state index in [1.807, 2.05) is 25.5 Å². The molecule has 1 aromatic heterocycles. The number of aromatic nitrogens is 2. The molecule has 6 nitrogen and oxygen atoms in total. The van der Waals surface area contributed by atoms with Crippen LogP contribution in [0, 0.1) is 11.3 Å². The number of rotatable bonds is 7. The third kappa shape index (κ3) is 5.68. The van der Waals surface area contributed by atoms with Crippen LogP contribution in [0.4, 0.5) is 0 Å². The van der Waals surface area contributed by atoms with Crippen molar-refractivity contribution in [2.45, 2.75) is 12.8 Å². The normalized spacial score (nSPS) is 9.88. The van der Waals surface area contributed by atoms with Crippen molar-refractivity contribution in [2.24, 2.45) is 7.05 Å². The summed E-state index contributed by atoms with van der Waals surface area (Å²) in [4.78, 5) is 11.2. The summed E-state index contributed by atoms with van der Waals surface area (Å²) >= 11 is 0. The Balaban J connectivity index is 2.04. The number of nitrogens with zero attached hydrogens (tertiary/aromatic N) is 3. The Bertz CT molecular complexity index is 393. The number of amides is 1. The average Bonchev–Trinajstić information content (AvgIpc) is 2.71. The van der Waals surface area contributed by atoms with Gasteiger partial charge in [-0.15, -0.1) is 0 Å². The second kappa shape index (κ2) is 7.41. The topological polar surface area (TPSA) is 82.7 Å². The lowest BCUT2D eigenvalue weighted by molar-refractivity contribution is -0.120. The van der Waals surface area contributed by atoms with Gasteiger partial charge in [-0.3, -0.25) is 9.48 Å². The monoisotopic (exact) mass is 235 g/mol. The molecule has 0 bridgehead atoms. The lowest BCUT2D eigenvalue weighted by Gasteiger charge is -2.04. The summed E-state index contributed by atoms with van der Waals surface area (Å²) in [5.41, 5.74) is 1.14. The quantitative estimate of drug-likeness (QED) is 0.629. The molecule has 17 heavy (non-hydrogen) atoms. The molecule has 2 N–H and O–H groups in total. The second-order valence-corrected chi connectivity index (χ2v) is 3.71. The molecule has 0 fully saturated rings. The first-order valence-electron chi connectivity index (χ1n) is 5.54. The van der Waals surface area contributed by atoms with Gasteiger partial charge in [-0.25, -0.2) is 0 Å². The Morgan fingerprint density at radius 2 is 2.41 bits per heavy atom. The highest BCUT2D eigenvalue weighted by molar-refractivity contribution is 5.77. The van der Waals surface area contributed by atoms with Gasteiger partial charge in [0.25, 0.3) is 0 Å². The first kappa shape index (κ1) is 13.2. The molecule has 1 heterocycles. The van der Waals surface area contributed by atoms with Crippen molar-refractivity contribution in [1.82, 2.24) is 20.4 Å². The highest BCUT2D eigenvalue weighted by Gasteiger charge is 2.00. The highest BCUT2D eigenvalue weighted by Crippen LogP contribution is 1.95. The Morgan fingerprint density at radius 3 is 3.06 bits per heavy atom. The predicted molar refractivity (Wildman–Crippen MR) is 63.0 cm³/mol. The third-order valence-corrected chi connectivity index (χ3v) is 2.19. The lowest BCUT2D eigenvalue weighted by atomic mass is 10.2. The van der Waals surface area contributed by atoms with Crippen LogP contribution in [0.1, 0.15) is 12.0 Å². The lowest BCUT2D eigenvalue weighted by Crippen LogP contribution is -2.35. The summed E-state index contributed by atoms with van der Waals surface area (Å²) in [6.07, 6.45) is 4.96. The van der Waals surface area contributed by atoms with E-state index in [1.54, 1.807) is 4.68 Å². The van der Waals surface area contributed by atoms with Crippen LogP contribution < -0.4 is 10.6 Å². The first-order chi connectivity index (χ1) is 8.22. The molecule has 0 aromatic carbocycles. The van der Waals surface area contributed by atoms with Crippen molar-refractivity contribution in [3.63, 3.8) is 0 Å². The number of aryl methyl sites for hydroxylation is 1. The first-order valence-corrected chi connectivity index (χ1v) is 5.54. The fourth-order valence-corrected chi connectivity index (χ4v) is 1.36. The van der Waals surface area contributed by atoms with Gasteiger partial charge in [0, 0.05) is 19.8 Å². The summed E-state index contributed by atoms with van der Waals surface area (Å²) in [5, 5.41) is 18.0. The van der Waals surface area contributed by atoms with E-state index >= 15 is 0 Å². The standard InChI is InChI=1S/C11H17N5O/c1-16-9-10(7-15-16)3-6-13-8-11(17)14-5-2-4-12/h7,9,13H,2-3,5-6,8H2,1H3,(H,14,17). The molecule has 0 aliphatic heterocycles. The summed E-state index contributed by atoms with van der Waals surface area (Å²) in [6.45, 7) is 1.43. The maximum Gasteiger partial charge on any atom is 0.233 e. The van der Waals surface area contributed by atoms with Gasteiger partial charge < -0.3 is 10.6 Å². The molecule has 0 spiro atoms. The minimum absolute atomic E-state index is 0.0774. The molecule has 1 amide bonds. The van der Waals surface area contributed by atoms with E-state index in [2.05, 4.69) is 15.7 Å². The fourth-order valence-electron chi connectivity index (χ4n) is 1.36. The average molecular weight is 235 g/mol. The van der Waals surface area contributed by atoms with Crippen molar-refractivity contribution in [1.29, 1.82) is 5.26 Å². The Morgan fingerprint density at radius 1 is 1.59 bits per heavy atom. The van der Waals surface area contributed by atoms with Crippen LogP contribution in [0.5, 0.6) is 0 Å². The molecule has 1 rings (SSSR count). The number of carbonyl (C=O) groups is 1. The van der Waals surface area contributed by atoms with Crippen molar-refractivity contribution < 1.29 is 4.79 Å². The van der Waals surface area contributed by atoms with Crippen LogP contribution in [-0.2, 0) is 18.3 Å². The minimum atomic E-state index is -0.0774. The molecule has 0 radical (unpaired) electrons. The third-order valence-electron chi connectivity index (χ3n) is 2.19. The molecular weight excluding hydrogens is 218 g/mol. The maximum atomic E-state index is 11.2. The van der Waals surface area contributed by atoms with E-state index in [9.17, 15) is 4.79 Å². The SMILES string of the molecule is Cn1cc(CCNCC(=O)NCCC#N)cn1. The number of hydrogen-bond acceptors (Lipinski definition) is 4. The summed E-state index contributed by atoms with van der Waals surface area (Å²) < 4.78 is 1.75. The van der Waals surface area contributed by atoms with Crippen LogP contribution in [0.25, 0.3) is 0 Å². The maximum absolute atomic E-state index is 11.2. The van der Waals surface area contributed by atoms with Crippen molar-refractivity contribution >= 4 is 5.91 Å². The van der Waals surface area contributed by atoms with Gasteiger partial charge in [0.2, 0.25) is 5.91 Å². The summed E-state index contributed by atoms with van der Waals surface area (Å²) in [7, 11) is 1.87.